The normalized spacial score (nSPS) is 20.3. The molecule has 1 aliphatic carbocycles. The van der Waals surface area contributed by atoms with E-state index in [0.29, 0.717) is 22.6 Å². The van der Waals surface area contributed by atoms with Crippen LogP contribution in [0, 0.1) is 0 Å². The molecule has 1 aromatic heterocycles. The van der Waals surface area contributed by atoms with Crippen LogP contribution in [0.15, 0.2) is 45.9 Å². The van der Waals surface area contributed by atoms with E-state index < -0.39 is 0 Å². The zero-order valence-corrected chi connectivity index (χ0v) is 16.5. The second-order valence-electron chi connectivity index (χ2n) is 7.38. The van der Waals surface area contributed by atoms with E-state index in [0.717, 1.165) is 32.2 Å². The van der Waals surface area contributed by atoms with E-state index in [-0.39, 0.29) is 16.7 Å². The third kappa shape index (κ3) is 3.81. The monoisotopic (exact) mass is 383 g/mol. The molecular formula is C21H25N3O2S. The number of nitrogens with zero attached hydrogens (tertiary/aromatic N) is 3. The molecule has 1 saturated heterocycles. The van der Waals surface area contributed by atoms with Crippen molar-refractivity contribution < 1.29 is 4.79 Å². The van der Waals surface area contributed by atoms with Crippen molar-refractivity contribution in [3.63, 3.8) is 0 Å². The van der Waals surface area contributed by atoms with Crippen molar-refractivity contribution in [3.8, 4) is 0 Å². The predicted octanol–water partition coefficient (Wildman–Crippen LogP) is 3.61. The fraction of sp³-hybridized carbons (Fsp3) is 0.476. The Morgan fingerprint density at radius 3 is 2.81 bits per heavy atom. The van der Waals surface area contributed by atoms with E-state index in [9.17, 15) is 9.59 Å². The van der Waals surface area contributed by atoms with Crippen LogP contribution >= 0.6 is 11.8 Å². The summed E-state index contributed by atoms with van der Waals surface area (Å²) in [6.07, 6.45) is 8.78. The Balaban J connectivity index is 1.68. The molecule has 1 atom stereocenters. The van der Waals surface area contributed by atoms with Crippen molar-refractivity contribution in [1.82, 2.24) is 14.5 Å². The molecule has 6 heteroatoms. The minimum Gasteiger partial charge on any atom is -0.345 e. The zero-order chi connectivity index (χ0) is 18.8. The number of hydrogen-bond donors (Lipinski definition) is 0. The minimum atomic E-state index is -0.150. The summed E-state index contributed by atoms with van der Waals surface area (Å²) < 4.78 is 1.79. The fourth-order valence-corrected chi connectivity index (χ4v) is 5.06. The molecule has 5 nitrogen and oxygen atoms in total. The first-order valence-electron chi connectivity index (χ1n) is 9.72. The molecule has 0 spiro atoms. The van der Waals surface area contributed by atoms with Gasteiger partial charge in [-0.25, -0.2) is 4.98 Å². The molecule has 0 N–H and O–H groups in total. The summed E-state index contributed by atoms with van der Waals surface area (Å²) in [7, 11) is 1.83. The zero-order valence-electron chi connectivity index (χ0n) is 15.7. The van der Waals surface area contributed by atoms with Crippen molar-refractivity contribution in [2.24, 2.45) is 0 Å². The van der Waals surface area contributed by atoms with Crippen LogP contribution in [0.4, 0.5) is 0 Å². The smallest absolute Gasteiger partial charge is 0.262 e. The Bertz CT molecular complexity index is 950. The fourth-order valence-electron chi connectivity index (χ4n) is 3.85. The van der Waals surface area contributed by atoms with Crippen LogP contribution in [0.5, 0.6) is 0 Å². The lowest BCUT2D eigenvalue weighted by Gasteiger charge is -2.17. The van der Waals surface area contributed by atoms with Crippen LogP contribution in [-0.2, 0) is 11.3 Å². The number of carbonyl (C=O) groups excluding carboxylic acids is 1. The standard InChI is InChI=1S/C21H25N3O2S/c1-23-13-12-18(20(23)26)27-21-22-17-10-6-5-9-16(17)19(25)24(21)14-11-15-7-3-2-4-8-15/h5-7,9-10,18H,2-4,8,11-14H2,1H3. The molecule has 0 saturated carbocycles. The van der Waals surface area contributed by atoms with Gasteiger partial charge in [0.25, 0.3) is 5.56 Å². The number of likely N-dealkylation sites (tertiary alicyclic amines) is 1. The van der Waals surface area contributed by atoms with E-state index in [1.807, 2.05) is 31.3 Å². The van der Waals surface area contributed by atoms with Gasteiger partial charge in [-0.3, -0.25) is 14.2 Å². The topological polar surface area (TPSA) is 55.2 Å². The van der Waals surface area contributed by atoms with Crippen LogP contribution in [0.2, 0.25) is 0 Å². The number of rotatable bonds is 5. The molecule has 4 rings (SSSR count). The Hall–Kier alpha value is -2.08. The molecule has 0 bridgehead atoms. The van der Waals surface area contributed by atoms with Crippen LogP contribution in [0.1, 0.15) is 38.5 Å². The maximum atomic E-state index is 13.1. The number of para-hydroxylation sites is 1. The third-order valence-electron chi connectivity index (χ3n) is 5.49. The van der Waals surface area contributed by atoms with Crippen molar-refractivity contribution >= 4 is 28.6 Å². The summed E-state index contributed by atoms with van der Waals surface area (Å²) in [6, 6.07) is 7.48. The number of hydrogen-bond acceptors (Lipinski definition) is 4. The molecule has 1 aromatic carbocycles. The first-order chi connectivity index (χ1) is 13.1. The average molecular weight is 384 g/mol. The molecule has 2 heterocycles. The first-order valence-corrected chi connectivity index (χ1v) is 10.6. The highest BCUT2D eigenvalue weighted by Crippen LogP contribution is 2.30. The predicted molar refractivity (Wildman–Crippen MR) is 109 cm³/mol. The highest BCUT2D eigenvalue weighted by Gasteiger charge is 2.31. The summed E-state index contributed by atoms with van der Waals surface area (Å²) in [5.41, 5.74) is 2.14. The van der Waals surface area contributed by atoms with E-state index in [1.54, 1.807) is 9.47 Å². The van der Waals surface area contributed by atoms with Gasteiger partial charge < -0.3 is 4.90 Å². The summed E-state index contributed by atoms with van der Waals surface area (Å²) in [4.78, 5) is 32.0. The molecule has 0 radical (unpaired) electrons. The van der Waals surface area contributed by atoms with Gasteiger partial charge in [-0.05, 0) is 50.7 Å². The second-order valence-corrected chi connectivity index (χ2v) is 8.55. The van der Waals surface area contributed by atoms with Gasteiger partial charge in [-0.1, -0.05) is 35.5 Å². The average Bonchev–Trinajstić information content (AvgIpc) is 3.01. The van der Waals surface area contributed by atoms with Crippen molar-refractivity contribution in [2.45, 2.75) is 55.5 Å². The molecule has 2 aromatic rings. The van der Waals surface area contributed by atoms with Gasteiger partial charge in [-0.2, -0.15) is 0 Å². The molecule has 2 aliphatic rings. The van der Waals surface area contributed by atoms with Gasteiger partial charge in [0.1, 0.15) is 0 Å². The van der Waals surface area contributed by atoms with Crippen LogP contribution in [-0.4, -0.2) is 39.2 Å². The van der Waals surface area contributed by atoms with Crippen molar-refractivity contribution in [2.75, 3.05) is 13.6 Å². The third-order valence-corrected chi connectivity index (χ3v) is 6.74. The Morgan fingerprint density at radius 1 is 1.22 bits per heavy atom. The lowest BCUT2D eigenvalue weighted by atomic mass is 9.97. The summed E-state index contributed by atoms with van der Waals surface area (Å²) in [5.74, 6) is 0.129. The molecule has 1 aliphatic heterocycles. The molecule has 1 unspecified atom stereocenters. The summed E-state index contributed by atoms with van der Waals surface area (Å²) in [6.45, 7) is 1.39. The van der Waals surface area contributed by atoms with Crippen LogP contribution in [0.25, 0.3) is 10.9 Å². The van der Waals surface area contributed by atoms with Gasteiger partial charge >= 0.3 is 0 Å². The Morgan fingerprint density at radius 2 is 2.07 bits per heavy atom. The quantitative estimate of drug-likeness (QED) is 0.585. The minimum absolute atomic E-state index is 0.00156. The lowest BCUT2D eigenvalue weighted by Crippen LogP contribution is -2.27. The van der Waals surface area contributed by atoms with Gasteiger partial charge in [0.2, 0.25) is 5.91 Å². The lowest BCUT2D eigenvalue weighted by molar-refractivity contribution is -0.126. The van der Waals surface area contributed by atoms with Crippen molar-refractivity contribution in [1.29, 1.82) is 0 Å². The number of carbonyl (C=O) groups is 1. The SMILES string of the molecule is CN1CCC(Sc2nc3ccccc3c(=O)n2CCC2=CCCCC2)C1=O. The maximum Gasteiger partial charge on any atom is 0.262 e. The molecule has 1 fully saturated rings. The Kier molecular flexibility index (Phi) is 5.34. The van der Waals surface area contributed by atoms with Crippen LogP contribution < -0.4 is 5.56 Å². The van der Waals surface area contributed by atoms with Gasteiger partial charge in [0.15, 0.2) is 5.16 Å². The number of thioether (sulfide) groups is 1. The highest BCUT2D eigenvalue weighted by molar-refractivity contribution is 8.00. The van der Waals surface area contributed by atoms with Gasteiger partial charge in [-0.15, -0.1) is 0 Å². The Labute approximate surface area is 163 Å². The molecule has 27 heavy (non-hydrogen) atoms. The van der Waals surface area contributed by atoms with Crippen molar-refractivity contribution in [3.05, 3.63) is 46.3 Å². The largest absolute Gasteiger partial charge is 0.345 e. The van der Waals surface area contributed by atoms with E-state index in [1.165, 1.54) is 30.2 Å². The molecule has 142 valence electrons. The number of amides is 1. The highest BCUT2D eigenvalue weighted by atomic mass is 32.2. The van der Waals surface area contributed by atoms with Crippen LogP contribution in [0.3, 0.4) is 0 Å². The first kappa shape index (κ1) is 18.3. The number of aromatic nitrogens is 2. The number of fused-ring (bicyclic) bond motifs is 1. The number of benzene rings is 1. The maximum absolute atomic E-state index is 13.1. The van der Waals surface area contributed by atoms with E-state index in [2.05, 4.69) is 6.08 Å². The molecular weight excluding hydrogens is 358 g/mol. The second kappa shape index (κ2) is 7.89. The summed E-state index contributed by atoms with van der Waals surface area (Å²) in [5, 5.41) is 1.17. The summed E-state index contributed by atoms with van der Waals surface area (Å²) >= 11 is 1.45. The van der Waals surface area contributed by atoms with Gasteiger partial charge in [0, 0.05) is 20.1 Å². The molecule has 1 amide bonds. The van der Waals surface area contributed by atoms with Gasteiger partial charge in [0.05, 0.1) is 16.2 Å². The van der Waals surface area contributed by atoms with E-state index >= 15 is 0 Å². The van der Waals surface area contributed by atoms with E-state index in [4.69, 9.17) is 4.98 Å². The number of allylic oxidation sites excluding steroid dienone is 2.